The van der Waals surface area contributed by atoms with Crippen molar-refractivity contribution in [1.29, 1.82) is 0 Å². The summed E-state index contributed by atoms with van der Waals surface area (Å²) in [6, 6.07) is 9.66. The zero-order chi connectivity index (χ0) is 20.5. The molecule has 0 spiro atoms. The van der Waals surface area contributed by atoms with Crippen LogP contribution < -0.4 is 10.2 Å². The molecule has 0 radical (unpaired) electrons. The van der Waals surface area contributed by atoms with Crippen LogP contribution in [0.4, 0.5) is 11.4 Å². The molecule has 2 aromatic heterocycles. The van der Waals surface area contributed by atoms with Gasteiger partial charge in [0.15, 0.2) is 0 Å². The van der Waals surface area contributed by atoms with Crippen LogP contribution >= 0.6 is 0 Å². The van der Waals surface area contributed by atoms with Crippen LogP contribution in [-0.4, -0.2) is 38.1 Å². The molecular weight excluding hydrogens is 368 g/mol. The lowest BCUT2D eigenvalue weighted by Crippen LogP contribution is -2.28. The Morgan fingerprint density at radius 1 is 1.10 bits per heavy atom. The van der Waals surface area contributed by atoms with Crippen molar-refractivity contribution in [3.05, 3.63) is 59.7 Å². The highest BCUT2D eigenvalue weighted by Gasteiger charge is 2.35. The Bertz CT molecular complexity index is 1060. The highest BCUT2D eigenvalue weighted by molar-refractivity contribution is 6.03. The molecule has 8 nitrogen and oxygen atoms in total. The summed E-state index contributed by atoms with van der Waals surface area (Å²) in [5, 5.41) is 7.16. The van der Waals surface area contributed by atoms with E-state index in [4.69, 9.17) is 0 Å². The summed E-state index contributed by atoms with van der Waals surface area (Å²) < 4.78 is 1.65. The summed E-state index contributed by atoms with van der Waals surface area (Å²) in [6.07, 6.45) is 3.28. The standard InChI is InChI=1S/C21H22N6O2/c1-13-4-6-18(7-5-13)26-12-16(9-19(26)28)20(29)24-17-10-22-21(23-11-17)27-15(3)8-14(2)25-27/h4-8,10-11,16H,9,12H2,1-3H3,(H,24,29). The van der Waals surface area contributed by atoms with Crippen LogP contribution in [0.15, 0.2) is 42.7 Å². The molecule has 1 fully saturated rings. The van der Waals surface area contributed by atoms with Crippen molar-refractivity contribution in [1.82, 2.24) is 19.7 Å². The van der Waals surface area contributed by atoms with E-state index in [1.165, 1.54) is 0 Å². The van der Waals surface area contributed by atoms with Gasteiger partial charge in [0.2, 0.25) is 11.8 Å². The average Bonchev–Trinajstić information content (AvgIpc) is 3.25. The molecule has 1 unspecified atom stereocenters. The molecule has 1 aliphatic heterocycles. The Hall–Kier alpha value is -3.55. The van der Waals surface area contributed by atoms with Gasteiger partial charge in [-0.1, -0.05) is 17.7 Å². The Labute approximate surface area is 168 Å². The van der Waals surface area contributed by atoms with Gasteiger partial charge in [0.05, 0.1) is 29.7 Å². The SMILES string of the molecule is Cc1ccc(N2CC(C(=O)Nc3cnc(-n4nc(C)cc4C)nc3)CC2=O)cc1. The van der Waals surface area contributed by atoms with Crippen molar-refractivity contribution in [2.45, 2.75) is 27.2 Å². The van der Waals surface area contributed by atoms with E-state index in [2.05, 4.69) is 20.4 Å². The maximum absolute atomic E-state index is 12.6. The molecule has 0 bridgehead atoms. The molecular formula is C21H22N6O2. The number of aromatic nitrogens is 4. The molecule has 2 amide bonds. The molecule has 0 aliphatic carbocycles. The van der Waals surface area contributed by atoms with E-state index >= 15 is 0 Å². The summed E-state index contributed by atoms with van der Waals surface area (Å²) in [7, 11) is 0. The fourth-order valence-electron chi connectivity index (χ4n) is 3.43. The molecule has 4 rings (SSSR count). The minimum absolute atomic E-state index is 0.0508. The maximum Gasteiger partial charge on any atom is 0.250 e. The number of anilines is 2. The fourth-order valence-corrected chi connectivity index (χ4v) is 3.43. The lowest BCUT2D eigenvalue weighted by atomic mass is 10.1. The lowest BCUT2D eigenvalue weighted by molar-refractivity contribution is -0.122. The largest absolute Gasteiger partial charge is 0.323 e. The van der Waals surface area contributed by atoms with E-state index in [0.717, 1.165) is 22.6 Å². The highest BCUT2D eigenvalue weighted by atomic mass is 16.2. The average molecular weight is 390 g/mol. The number of amides is 2. The number of hydrogen-bond acceptors (Lipinski definition) is 5. The zero-order valence-corrected chi connectivity index (χ0v) is 16.6. The number of benzene rings is 1. The smallest absolute Gasteiger partial charge is 0.250 e. The summed E-state index contributed by atoms with van der Waals surface area (Å²) in [6.45, 7) is 6.18. The van der Waals surface area contributed by atoms with Gasteiger partial charge in [-0.15, -0.1) is 0 Å². The number of hydrogen-bond donors (Lipinski definition) is 1. The van der Waals surface area contributed by atoms with Gasteiger partial charge in [-0.25, -0.2) is 14.6 Å². The quantitative estimate of drug-likeness (QED) is 0.739. The minimum Gasteiger partial charge on any atom is -0.323 e. The van der Waals surface area contributed by atoms with E-state index in [-0.39, 0.29) is 18.2 Å². The summed E-state index contributed by atoms with van der Waals surface area (Å²) >= 11 is 0. The third kappa shape index (κ3) is 3.87. The number of aryl methyl sites for hydroxylation is 3. The predicted molar refractivity (Wildman–Crippen MR) is 109 cm³/mol. The van der Waals surface area contributed by atoms with Crippen LogP contribution in [0.25, 0.3) is 5.95 Å². The Morgan fingerprint density at radius 2 is 1.79 bits per heavy atom. The number of rotatable bonds is 4. The van der Waals surface area contributed by atoms with E-state index in [1.54, 1.807) is 22.0 Å². The van der Waals surface area contributed by atoms with Crippen molar-refractivity contribution in [3.8, 4) is 5.95 Å². The van der Waals surface area contributed by atoms with E-state index in [1.807, 2.05) is 51.1 Å². The van der Waals surface area contributed by atoms with Crippen molar-refractivity contribution in [2.24, 2.45) is 5.92 Å². The van der Waals surface area contributed by atoms with Crippen LogP contribution in [0.2, 0.25) is 0 Å². The molecule has 0 saturated carbocycles. The van der Waals surface area contributed by atoms with Gasteiger partial charge in [0.1, 0.15) is 0 Å². The van der Waals surface area contributed by atoms with Crippen LogP contribution in [-0.2, 0) is 9.59 Å². The van der Waals surface area contributed by atoms with E-state index in [0.29, 0.717) is 18.2 Å². The number of nitrogens with one attached hydrogen (secondary N) is 1. The van der Waals surface area contributed by atoms with Gasteiger partial charge >= 0.3 is 0 Å². The molecule has 3 heterocycles. The van der Waals surface area contributed by atoms with Gasteiger partial charge in [0.25, 0.3) is 5.95 Å². The highest BCUT2D eigenvalue weighted by Crippen LogP contribution is 2.26. The number of carbonyl (C=O) groups excluding carboxylic acids is 2. The fraction of sp³-hybridized carbons (Fsp3) is 0.286. The molecule has 1 atom stereocenters. The molecule has 1 aromatic carbocycles. The molecule has 3 aromatic rings. The van der Waals surface area contributed by atoms with Crippen molar-refractivity contribution >= 4 is 23.2 Å². The normalized spacial score (nSPS) is 16.3. The Morgan fingerprint density at radius 3 is 2.41 bits per heavy atom. The monoisotopic (exact) mass is 390 g/mol. The molecule has 29 heavy (non-hydrogen) atoms. The molecule has 148 valence electrons. The van der Waals surface area contributed by atoms with Gasteiger partial charge < -0.3 is 10.2 Å². The van der Waals surface area contributed by atoms with E-state index in [9.17, 15) is 9.59 Å². The molecule has 8 heteroatoms. The number of nitrogens with zero attached hydrogens (tertiary/aromatic N) is 5. The van der Waals surface area contributed by atoms with Crippen LogP contribution in [0.5, 0.6) is 0 Å². The molecule has 1 saturated heterocycles. The van der Waals surface area contributed by atoms with Gasteiger partial charge in [-0.2, -0.15) is 5.10 Å². The first kappa shape index (κ1) is 18.8. The second-order valence-electron chi connectivity index (χ2n) is 7.34. The first-order valence-electron chi connectivity index (χ1n) is 9.44. The minimum atomic E-state index is -0.417. The molecule has 1 aliphatic rings. The Balaban J connectivity index is 1.42. The first-order valence-corrected chi connectivity index (χ1v) is 9.44. The van der Waals surface area contributed by atoms with Crippen molar-refractivity contribution in [3.63, 3.8) is 0 Å². The van der Waals surface area contributed by atoms with Crippen LogP contribution in [0, 0.1) is 26.7 Å². The van der Waals surface area contributed by atoms with Crippen LogP contribution in [0.3, 0.4) is 0 Å². The third-order valence-electron chi connectivity index (χ3n) is 4.95. The Kier molecular flexibility index (Phi) is 4.84. The van der Waals surface area contributed by atoms with Crippen molar-refractivity contribution < 1.29 is 9.59 Å². The van der Waals surface area contributed by atoms with E-state index < -0.39 is 5.92 Å². The second-order valence-corrected chi connectivity index (χ2v) is 7.34. The summed E-state index contributed by atoms with van der Waals surface area (Å²) in [5.74, 6) is -0.241. The predicted octanol–water partition coefficient (Wildman–Crippen LogP) is 2.58. The zero-order valence-electron chi connectivity index (χ0n) is 16.6. The van der Waals surface area contributed by atoms with Crippen LogP contribution in [0.1, 0.15) is 23.4 Å². The van der Waals surface area contributed by atoms with Crippen molar-refractivity contribution in [2.75, 3.05) is 16.8 Å². The van der Waals surface area contributed by atoms with Gasteiger partial charge in [0, 0.05) is 24.3 Å². The first-order chi connectivity index (χ1) is 13.9. The number of carbonyl (C=O) groups is 2. The van der Waals surface area contributed by atoms with Gasteiger partial charge in [-0.3, -0.25) is 9.59 Å². The van der Waals surface area contributed by atoms with Gasteiger partial charge in [-0.05, 0) is 39.0 Å². The topological polar surface area (TPSA) is 93.0 Å². The third-order valence-corrected chi connectivity index (χ3v) is 4.95. The lowest BCUT2D eigenvalue weighted by Gasteiger charge is -2.17. The second kappa shape index (κ2) is 7.46. The summed E-state index contributed by atoms with van der Waals surface area (Å²) in [5.41, 5.74) is 4.24. The summed E-state index contributed by atoms with van der Waals surface area (Å²) in [4.78, 5) is 35.2. The maximum atomic E-state index is 12.6. The molecule has 1 N–H and O–H groups in total.